The van der Waals surface area contributed by atoms with Gasteiger partial charge < -0.3 is 14.8 Å². The maximum absolute atomic E-state index is 12.1. The molecule has 0 radical (unpaired) electrons. The normalized spacial score (nSPS) is 17.5. The third-order valence-electron chi connectivity index (χ3n) is 5.06. The Morgan fingerprint density at radius 2 is 2.07 bits per heavy atom. The molecule has 1 aromatic heterocycles. The fourth-order valence-corrected chi connectivity index (χ4v) is 4.21. The van der Waals surface area contributed by atoms with Gasteiger partial charge in [-0.1, -0.05) is 12.1 Å². The lowest BCUT2D eigenvalue weighted by Crippen LogP contribution is -2.37. The zero-order valence-electron chi connectivity index (χ0n) is 15.2. The molecule has 1 amide bonds. The van der Waals surface area contributed by atoms with E-state index < -0.39 is 0 Å². The molecule has 1 fully saturated rings. The van der Waals surface area contributed by atoms with Gasteiger partial charge >= 0.3 is 0 Å². The average Bonchev–Trinajstić information content (AvgIpc) is 3.37. The molecule has 27 heavy (non-hydrogen) atoms. The van der Waals surface area contributed by atoms with E-state index in [1.807, 2.05) is 29.5 Å². The first-order valence-electron chi connectivity index (χ1n) is 9.36. The lowest BCUT2D eigenvalue weighted by atomic mass is 9.97. The Morgan fingerprint density at radius 1 is 1.22 bits per heavy atom. The summed E-state index contributed by atoms with van der Waals surface area (Å²) in [4.78, 5) is 16.0. The molecule has 0 saturated carbocycles. The molecule has 2 aromatic rings. The molecule has 2 aliphatic rings. The molecule has 1 saturated heterocycles. The highest BCUT2D eigenvalue weighted by Crippen LogP contribution is 2.32. The molecule has 0 spiro atoms. The molecule has 1 aromatic carbocycles. The van der Waals surface area contributed by atoms with Gasteiger partial charge in [0.25, 0.3) is 0 Å². The van der Waals surface area contributed by atoms with Crippen molar-refractivity contribution in [2.75, 3.05) is 26.4 Å². The van der Waals surface area contributed by atoms with Crippen molar-refractivity contribution >= 4 is 23.3 Å². The van der Waals surface area contributed by atoms with Crippen LogP contribution in [-0.2, 0) is 11.3 Å². The van der Waals surface area contributed by atoms with Gasteiger partial charge in [-0.05, 0) is 67.1 Å². The molecule has 0 unspecified atom stereocenters. The zero-order valence-corrected chi connectivity index (χ0v) is 16.0. The summed E-state index contributed by atoms with van der Waals surface area (Å²) in [6.45, 7) is 4.26. The number of carbonyl (C=O) groups excluding carboxylic acids is 1. The SMILES string of the molecule is O=C(C=Cc1ccc2c(c1)OCO2)NCC1CCN(Cc2cccs2)CC1. The highest BCUT2D eigenvalue weighted by Gasteiger charge is 2.19. The van der Waals surface area contributed by atoms with Crippen molar-refractivity contribution in [1.82, 2.24) is 10.2 Å². The van der Waals surface area contributed by atoms with Crippen molar-refractivity contribution in [2.24, 2.45) is 5.92 Å². The summed E-state index contributed by atoms with van der Waals surface area (Å²) in [6, 6.07) is 9.97. The molecule has 0 atom stereocenters. The Morgan fingerprint density at radius 3 is 2.89 bits per heavy atom. The molecular formula is C21H24N2O3S. The highest BCUT2D eigenvalue weighted by atomic mass is 32.1. The standard InChI is InChI=1S/C21H24N2O3S/c24-21(6-4-16-3-5-19-20(12-16)26-15-25-19)22-13-17-7-9-23(10-8-17)14-18-2-1-11-27-18/h1-6,11-12,17H,7-10,13-15H2,(H,22,24). The summed E-state index contributed by atoms with van der Waals surface area (Å²) < 4.78 is 10.6. The lowest BCUT2D eigenvalue weighted by molar-refractivity contribution is -0.116. The molecule has 4 rings (SSSR count). The van der Waals surface area contributed by atoms with Crippen LogP contribution in [0.5, 0.6) is 11.5 Å². The smallest absolute Gasteiger partial charge is 0.244 e. The summed E-state index contributed by atoms with van der Waals surface area (Å²) in [5.74, 6) is 2.00. The quantitative estimate of drug-likeness (QED) is 0.775. The monoisotopic (exact) mass is 384 g/mol. The predicted octanol–water partition coefficient (Wildman–Crippen LogP) is 3.52. The minimum absolute atomic E-state index is 0.0475. The van der Waals surface area contributed by atoms with E-state index in [0.29, 0.717) is 5.92 Å². The average molecular weight is 385 g/mol. The van der Waals surface area contributed by atoms with Crippen LogP contribution in [0.15, 0.2) is 41.8 Å². The van der Waals surface area contributed by atoms with Crippen molar-refractivity contribution < 1.29 is 14.3 Å². The van der Waals surface area contributed by atoms with Gasteiger partial charge in [0.05, 0.1) is 0 Å². The number of piperidine rings is 1. The van der Waals surface area contributed by atoms with Crippen LogP contribution in [0.1, 0.15) is 23.3 Å². The number of amides is 1. The van der Waals surface area contributed by atoms with E-state index in [1.165, 1.54) is 4.88 Å². The maximum Gasteiger partial charge on any atom is 0.244 e. The van der Waals surface area contributed by atoms with Gasteiger partial charge in [-0.25, -0.2) is 0 Å². The van der Waals surface area contributed by atoms with Crippen molar-refractivity contribution in [3.8, 4) is 11.5 Å². The first kappa shape index (κ1) is 18.1. The fourth-order valence-electron chi connectivity index (χ4n) is 3.46. The largest absolute Gasteiger partial charge is 0.454 e. The van der Waals surface area contributed by atoms with E-state index in [2.05, 4.69) is 27.7 Å². The summed E-state index contributed by atoms with van der Waals surface area (Å²) in [6.07, 6.45) is 5.67. The minimum Gasteiger partial charge on any atom is -0.454 e. The minimum atomic E-state index is -0.0475. The number of hydrogen-bond donors (Lipinski definition) is 1. The maximum atomic E-state index is 12.1. The summed E-state index contributed by atoms with van der Waals surface area (Å²) >= 11 is 1.82. The molecule has 2 aliphatic heterocycles. The Bertz CT molecular complexity index is 796. The lowest BCUT2D eigenvalue weighted by Gasteiger charge is -2.31. The number of likely N-dealkylation sites (tertiary alicyclic amines) is 1. The van der Waals surface area contributed by atoms with Crippen molar-refractivity contribution in [1.29, 1.82) is 0 Å². The number of benzene rings is 1. The molecule has 142 valence electrons. The molecule has 5 nitrogen and oxygen atoms in total. The number of nitrogens with one attached hydrogen (secondary N) is 1. The number of rotatable bonds is 6. The van der Waals surface area contributed by atoms with Gasteiger partial charge in [-0.3, -0.25) is 9.69 Å². The van der Waals surface area contributed by atoms with Crippen molar-refractivity contribution in [3.05, 3.63) is 52.2 Å². The topological polar surface area (TPSA) is 50.8 Å². The van der Waals surface area contributed by atoms with Crippen LogP contribution in [0, 0.1) is 5.92 Å². The van der Waals surface area contributed by atoms with Crippen molar-refractivity contribution in [2.45, 2.75) is 19.4 Å². The Hall–Kier alpha value is -2.31. The van der Waals surface area contributed by atoms with Crippen LogP contribution < -0.4 is 14.8 Å². The summed E-state index contributed by atoms with van der Waals surface area (Å²) in [5.41, 5.74) is 0.927. The molecule has 0 bridgehead atoms. The third kappa shape index (κ3) is 4.90. The van der Waals surface area contributed by atoms with Gasteiger partial charge in [0.2, 0.25) is 12.7 Å². The van der Waals surface area contributed by atoms with Crippen LogP contribution >= 0.6 is 11.3 Å². The second-order valence-corrected chi connectivity index (χ2v) is 8.02. The summed E-state index contributed by atoms with van der Waals surface area (Å²) in [5, 5.41) is 5.17. The first-order valence-corrected chi connectivity index (χ1v) is 10.2. The van der Waals surface area contributed by atoms with Gasteiger partial charge in [0, 0.05) is 24.0 Å². The Kier molecular flexibility index (Phi) is 5.75. The van der Waals surface area contributed by atoms with Gasteiger partial charge in [-0.2, -0.15) is 0 Å². The van der Waals surface area contributed by atoms with Crippen LogP contribution in [0.3, 0.4) is 0 Å². The number of ether oxygens (including phenoxy) is 2. The van der Waals surface area contributed by atoms with E-state index in [4.69, 9.17) is 9.47 Å². The number of fused-ring (bicyclic) bond motifs is 1. The number of thiophene rings is 1. The fraction of sp³-hybridized carbons (Fsp3) is 0.381. The zero-order chi connectivity index (χ0) is 18.5. The van der Waals surface area contributed by atoms with E-state index in [0.717, 1.165) is 56.1 Å². The molecule has 0 aliphatic carbocycles. The van der Waals surface area contributed by atoms with Crippen LogP contribution in [0.2, 0.25) is 0 Å². The van der Waals surface area contributed by atoms with E-state index in [-0.39, 0.29) is 12.7 Å². The van der Waals surface area contributed by atoms with E-state index in [9.17, 15) is 4.79 Å². The molecule has 6 heteroatoms. The number of carbonyl (C=O) groups is 1. The highest BCUT2D eigenvalue weighted by molar-refractivity contribution is 7.09. The second-order valence-electron chi connectivity index (χ2n) is 6.99. The Labute approximate surface area is 163 Å². The second kappa shape index (κ2) is 8.59. The molecule has 1 N–H and O–H groups in total. The third-order valence-corrected chi connectivity index (χ3v) is 5.92. The van der Waals surface area contributed by atoms with E-state index in [1.54, 1.807) is 12.2 Å². The van der Waals surface area contributed by atoms with Crippen LogP contribution in [0.4, 0.5) is 0 Å². The number of hydrogen-bond acceptors (Lipinski definition) is 5. The predicted molar refractivity (Wildman–Crippen MR) is 107 cm³/mol. The summed E-state index contributed by atoms with van der Waals surface area (Å²) in [7, 11) is 0. The van der Waals surface area contributed by atoms with Crippen LogP contribution in [-0.4, -0.2) is 37.2 Å². The Balaban J connectivity index is 1.18. The van der Waals surface area contributed by atoms with Gasteiger partial charge in [0.15, 0.2) is 11.5 Å². The number of nitrogens with zero attached hydrogens (tertiary/aromatic N) is 1. The van der Waals surface area contributed by atoms with Crippen LogP contribution in [0.25, 0.3) is 6.08 Å². The van der Waals surface area contributed by atoms with Gasteiger partial charge in [0.1, 0.15) is 0 Å². The van der Waals surface area contributed by atoms with Crippen molar-refractivity contribution in [3.63, 3.8) is 0 Å². The first-order chi connectivity index (χ1) is 13.3. The van der Waals surface area contributed by atoms with Gasteiger partial charge in [-0.15, -0.1) is 11.3 Å². The molecular weight excluding hydrogens is 360 g/mol. The van der Waals surface area contributed by atoms with E-state index >= 15 is 0 Å². The molecule has 3 heterocycles.